The van der Waals surface area contributed by atoms with Crippen molar-refractivity contribution in [3.8, 4) is 28.7 Å². The molecule has 4 nitrogen and oxygen atoms in total. The number of rotatable bonds is 1. The third-order valence-corrected chi connectivity index (χ3v) is 3.00. The van der Waals surface area contributed by atoms with Crippen molar-refractivity contribution in [1.82, 2.24) is 4.98 Å². The third kappa shape index (κ3) is 2.23. The molecular weight excluding hydrogens is 240 g/mol. The number of pyridine rings is 1. The van der Waals surface area contributed by atoms with Gasteiger partial charge in [-0.2, -0.15) is 5.26 Å². The SMILES string of the molecule is N#Cc1cnccc1-c1ccc2c(c1)OCCCO2. The lowest BCUT2D eigenvalue weighted by atomic mass is 10.0. The van der Waals surface area contributed by atoms with Gasteiger partial charge in [0.25, 0.3) is 0 Å². The Morgan fingerprint density at radius 2 is 1.95 bits per heavy atom. The van der Waals surface area contributed by atoms with Crippen LogP contribution in [0.5, 0.6) is 11.5 Å². The summed E-state index contributed by atoms with van der Waals surface area (Å²) in [6.45, 7) is 1.32. The van der Waals surface area contributed by atoms with Gasteiger partial charge in [-0.25, -0.2) is 0 Å². The Morgan fingerprint density at radius 1 is 1.11 bits per heavy atom. The van der Waals surface area contributed by atoms with Crippen molar-refractivity contribution < 1.29 is 9.47 Å². The molecule has 0 saturated heterocycles. The van der Waals surface area contributed by atoms with Gasteiger partial charge < -0.3 is 9.47 Å². The van der Waals surface area contributed by atoms with E-state index in [0.29, 0.717) is 18.8 Å². The van der Waals surface area contributed by atoms with Gasteiger partial charge in [-0.15, -0.1) is 0 Å². The lowest BCUT2D eigenvalue weighted by molar-refractivity contribution is 0.297. The van der Waals surface area contributed by atoms with Gasteiger partial charge in [0.15, 0.2) is 11.5 Å². The number of benzene rings is 1. The van der Waals surface area contributed by atoms with E-state index in [9.17, 15) is 0 Å². The maximum Gasteiger partial charge on any atom is 0.161 e. The van der Waals surface area contributed by atoms with Crippen LogP contribution in [0.25, 0.3) is 11.1 Å². The van der Waals surface area contributed by atoms with E-state index in [-0.39, 0.29) is 0 Å². The molecule has 0 unspecified atom stereocenters. The number of nitrogens with zero attached hydrogens (tertiary/aromatic N) is 2. The quantitative estimate of drug-likeness (QED) is 0.783. The molecule has 2 heterocycles. The Labute approximate surface area is 111 Å². The van der Waals surface area contributed by atoms with E-state index in [1.54, 1.807) is 12.4 Å². The highest BCUT2D eigenvalue weighted by Gasteiger charge is 2.12. The molecule has 19 heavy (non-hydrogen) atoms. The second-order valence-electron chi connectivity index (χ2n) is 4.25. The maximum atomic E-state index is 9.12. The van der Waals surface area contributed by atoms with E-state index in [4.69, 9.17) is 14.7 Å². The highest BCUT2D eigenvalue weighted by atomic mass is 16.5. The molecule has 1 aromatic carbocycles. The fourth-order valence-electron chi connectivity index (χ4n) is 2.07. The van der Waals surface area contributed by atoms with Crippen molar-refractivity contribution in [3.63, 3.8) is 0 Å². The molecule has 1 aliphatic heterocycles. The molecule has 0 saturated carbocycles. The first-order valence-corrected chi connectivity index (χ1v) is 6.12. The summed E-state index contributed by atoms with van der Waals surface area (Å²) in [5.41, 5.74) is 2.34. The van der Waals surface area contributed by atoms with Gasteiger partial charge in [0.1, 0.15) is 6.07 Å². The van der Waals surface area contributed by atoms with Crippen LogP contribution >= 0.6 is 0 Å². The normalized spacial score (nSPS) is 13.4. The van der Waals surface area contributed by atoms with E-state index in [2.05, 4.69) is 11.1 Å². The second kappa shape index (κ2) is 4.99. The summed E-state index contributed by atoms with van der Waals surface area (Å²) in [5, 5.41) is 9.12. The van der Waals surface area contributed by atoms with Crippen LogP contribution in [0.2, 0.25) is 0 Å². The molecule has 0 radical (unpaired) electrons. The topological polar surface area (TPSA) is 55.1 Å². The summed E-state index contributed by atoms with van der Waals surface area (Å²) in [7, 11) is 0. The minimum atomic E-state index is 0.553. The highest BCUT2D eigenvalue weighted by molar-refractivity contribution is 5.72. The van der Waals surface area contributed by atoms with Crippen LogP contribution in [-0.4, -0.2) is 18.2 Å². The minimum absolute atomic E-state index is 0.553. The first-order valence-electron chi connectivity index (χ1n) is 6.12. The van der Waals surface area contributed by atoms with E-state index in [1.165, 1.54) is 0 Å². The number of ether oxygens (including phenoxy) is 2. The molecule has 3 rings (SSSR count). The van der Waals surface area contributed by atoms with Gasteiger partial charge >= 0.3 is 0 Å². The van der Waals surface area contributed by atoms with Gasteiger partial charge in [-0.05, 0) is 23.8 Å². The molecule has 0 fully saturated rings. The first-order chi connectivity index (χ1) is 9.38. The minimum Gasteiger partial charge on any atom is -0.490 e. The summed E-state index contributed by atoms with van der Waals surface area (Å²) in [6, 6.07) is 9.72. The van der Waals surface area contributed by atoms with Crippen molar-refractivity contribution in [1.29, 1.82) is 5.26 Å². The summed E-state index contributed by atoms with van der Waals surface area (Å²) < 4.78 is 11.3. The summed E-state index contributed by atoms with van der Waals surface area (Å²) >= 11 is 0. The number of hydrogen-bond acceptors (Lipinski definition) is 4. The smallest absolute Gasteiger partial charge is 0.161 e. The molecule has 0 bridgehead atoms. The average molecular weight is 252 g/mol. The first kappa shape index (κ1) is 11.5. The molecule has 0 N–H and O–H groups in total. The van der Waals surface area contributed by atoms with Crippen molar-refractivity contribution in [2.75, 3.05) is 13.2 Å². The van der Waals surface area contributed by atoms with Crippen LogP contribution in [0.3, 0.4) is 0 Å². The Hall–Kier alpha value is -2.54. The average Bonchev–Trinajstić information content (AvgIpc) is 2.71. The Balaban J connectivity index is 2.07. The van der Waals surface area contributed by atoms with E-state index in [1.807, 2.05) is 24.3 Å². The Bertz CT molecular complexity index is 647. The van der Waals surface area contributed by atoms with Gasteiger partial charge in [0.05, 0.1) is 18.8 Å². The van der Waals surface area contributed by atoms with Crippen LogP contribution in [0, 0.1) is 11.3 Å². The van der Waals surface area contributed by atoms with Crippen LogP contribution < -0.4 is 9.47 Å². The van der Waals surface area contributed by atoms with Crippen molar-refractivity contribution in [2.24, 2.45) is 0 Å². The van der Waals surface area contributed by atoms with E-state index < -0.39 is 0 Å². The fourth-order valence-corrected chi connectivity index (χ4v) is 2.07. The van der Waals surface area contributed by atoms with Gasteiger partial charge in [-0.3, -0.25) is 4.98 Å². The molecule has 2 aromatic rings. The van der Waals surface area contributed by atoms with Crippen molar-refractivity contribution in [3.05, 3.63) is 42.2 Å². The summed E-state index contributed by atoms with van der Waals surface area (Å²) in [4.78, 5) is 3.97. The molecule has 1 aromatic heterocycles. The zero-order valence-electron chi connectivity index (χ0n) is 10.3. The molecule has 94 valence electrons. The van der Waals surface area contributed by atoms with Crippen molar-refractivity contribution >= 4 is 0 Å². The van der Waals surface area contributed by atoms with Gasteiger partial charge in [-0.1, -0.05) is 6.07 Å². The molecule has 4 heteroatoms. The predicted octanol–water partition coefficient (Wildman–Crippen LogP) is 2.78. The zero-order chi connectivity index (χ0) is 13.1. The number of aromatic nitrogens is 1. The Morgan fingerprint density at radius 3 is 2.79 bits per heavy atom. The molecule has 1 aliphatic rings. The fraction of sp³-hybridized carbons (Fsp3) is 0.200. The Kier molecular flexibility index (Phi) is 3.03. The number of hydrogen-bond donors (Lipinski definition) is 0. The largest absolute Gasteiger partial charge is 0.490 e. The van der Waals surface area contributed by atoms with Crippen LogP contribution in [0.15, 0.2) is 36.7 Å². The lowest BCUT2D eigenvalue weighted by Gasteiger charge is -2.10. The lowest BCUT2D eigenvalue weighted by Crippen LogP contribution is -1.97. The molecule has 0 spiro atoms. The monoisotopic (exact) mass is 252 g/mol. The zero-order valence-corrected chi connectivity index (χ0v) is 10.3. The summed E-state index contributed by atoms with van der Waals surface area (Å²) in [5.74, 6) is 1.49. The highest BCUT2D eigenvalue weighted by Crippen LogP contribution is 2.34. The number of fused-ring (bicyclic) bond motifs is 1. The van der Waals surface area contributed by atoms with Gasteiger partial charge in [0.2, 0.25) is 0 Å². The number of nitriles is 1. The molecular formula is C15H12N2O2. The third-order valence-electron chi connectivity index (χ3n) is 3.00. The van der Waals surface area contributed by atoms with Crippen LogP contribution in [0.1, 0.15) is 12.0 Å². The van der Waals surface area contributed by atoms with Crippen molar-refractivity contribution in [2.45, 2.75) is 6.42 Å². The summed E-state index contributed by atoms with van der Waals surface area (Å²) in [6.07, 6.45) is 4.13. The standard InChI is InChI=1S/C15H12N2O2/c16-9-12-10-17-5-4-13(12)11-2-3-14-15(8-11)19-7-1-6-18-14/h2-5,8,10H,1,6-7H2. The predicted molar refractivity (Wildman–Crippen MR) is 70.0 cm³/mol. The molecule has 0 amide bonds. The van der Waals surface area contributed by atoms with E-state index in [0.717, 1.165) is 29.0 Å². The van der Waals surface area contributed by atoms with Crippen LogP contribution in [-0.2, 0) is 0 Å². The second-order valence-corrected chi connectivity index (χ2v) is 4.25. The van der Waals surface area contributed by atoms with Crippen LogP contribution in [0.4, 0.5) is 0 Å². The molecule has 0 atom stereocenters. The van der Waals surface area contributed by atoms with Gasteiger partial charge in [0, 0.05) is 24.4 Å². The molecule has 0 aliphatic carbocycles. The van der Waals surface area contributed by atoms with E-state index >= 15 is 0 Å². The maximum absolute atomic E-state index is 9.12.